The molecule has 1 saturated heterocycles. The van der Waals surface area contributed by atoms with Crippen LogP contribution in [0.3, 0.4) is 0 Å². The number of nitrogens with two attached hydrogens (primary N) is 1. The number of fused-ring (bicyclic) bond motifs is 1. The molecule has 0 bridgehead atoms. The summed E-state index contributed by atoms with van der Waals surface area (Å²) in [5.74, 6) is -1.48. The number of ether oxygens (including phenoxy) is 2. The zero-order chi connectivity index (χ0) is 26.3. The molecule has 9 nitrogen and oxygen atoms in total. The van der Waals surface area contributed by atoms with Crippen molar-refractivity contribution in [3.63, 3.8) is 0 Å². The number of aryl methyl sites for hydroxylation is 1. The summed E-state index contributed by atoms with van der Waals surface area (Å²) in [6.07, 6.45) is 1.23. The number of anilines is 1. The van der Waals surface area contributed by atoms with E-state index in [0.717, 1.165) is 4.31 Å². The molecule has 12 heteroatoms. The third-order valence-electron chi connectivity index (χ3n) is 6.09. The summed E-state index contributed by atoms with van der Waals surface area (Å²) in [5.41, 5.74) is 0.0993. The molecule has 1 fully saturated rings. The van der Waals surface area contributed by atoms with Crippen molar-refractivity contribution < 1.29 is 31.1 Å². The molecule has 5 rings (SSSR count). The number of aromatic nitrogens is 1. The van der Waals surface area contributed by atoms with Gasteiger partial charge in [0.25, 0.3) is 16.1 Å². The van der Waals surface area contributed by atoms with Gasteiger partial charge in [-0.25, -0.2) is 28.0 Å². The third-order valence-corrected chi connectivity index (χ3v) is 7.13. The van der Waals surface area contributed by atoms with Crippen molar-refractivity contribution in [2.24, 2.45) is 5.14 Å². The average molecular weight is 530 g/mol. The topological polar surface area (TPSA) is 125 Å². The molecule has 0 aliphatic carbocycles. The lowest BCUT2D eigenvalue weighted by Gasteiger charge is -2.36. The smallest absolute Gasteiger partial charge is 0.340 e. The second kappa shape index (κ2) is 9.54. The Morgan fingerprint density at radius 3 is 2.62 bits per heavy atom. The molecular formula is C25H21F2N3O6S. The summed E-state index contributed by atoms with van der Waals surface area (Å²) >= 11 is 0. The van der Waals surface area contributed by atoms with E-state index in [1.807, 2.05) is 0 Å². The number of nitrogens with zero attached hydrogens (tertiary/aromatic N) is 2. The van der Waals surface area contributed by atoms with Crippen molar-refractivity contribution in [2.75, 3.05) is 17.5 Å². The maximum atomic E-state index is 15.5. The quantitative estimate of drug-likeness (QED) is 0.363. The van der Waals surface area contributed by atoms with E-state index in [4.69, 9.17) is 19.0 Å². The van der Waals surface area contributed by atoms with Gasteiger partial charge in [0.15, 0.2) is 11.6 Å². The van der Waals surface area contributed by atoms with Crippen LogP contribution < -0.4 is 19.8 Å². The zero-order valence-corrected chi connectivity index (χ0v) is 20.3. The molecule has 2 N–H and O–H groups in total. The van der Waals surface area contributed by atoms with Crippen molar-refractivity contribution in [2.45, 2.75) is 19.4 Å². The Labute approximate surface area is 210 Å². The van der Waals surface area contributed by atoms with Gasteiger partial charge in [0.2, 0.25) is 0 Å². The molecule has 2 aromatic carbocycles. The first-order valence-electron chi connectivity index (χ1n) is 11.2. The normalized spacial score (nSPS) is 13.9. The van der Waals surface area contributed by atoms with E-state index in [-0.39, 0.29) is 53.7 Å². The minimum Gasteiger partial charge on any atom is -0.436 e. The Morgan fingerprint density at radius 1 is 1.16 bits per heavy atom. The van der Waals surface area contributed by atoms with Crippen LogP contribution in [0.1, 0.15) is 16.7 Å². The second-order valence-corrected chi connectivity index (χ2v) is 9.93. The van der Waals surface area contributed by atoms with Gasteiger partial charge >= 0.3 is 5.63 Å². The van der Waals surface area contributed by atoms with Gasteiger partial charge in [-0.15, -0.1) is 0 Å². The highest BCUT2D eigenvalue weighted by atomic mass is 32.2. The minimum absolute atomic E-state index is 0.0894. The fourth-order valence-corrected chi connectivity index (χ4v) is 5.12. The fraction of sp³-hybridized carbons (Fsp3) is 0.200. The Morgan fingerprint density at radius 2 is 1.95 bits per heavy atom. The number of pyridine rings is 1. The predicted octanol–water partition coefficient (Wildman–Crippen LogP) is 3.57. The maximum absolute atomic E-state index is 15.5. The Balaban J connectivity index is 1.50. The van der Waals surface area contributed by atoms with E-state index < -0.39 is 33.5 Å². The maximum Gasteiger partial charge on any atom is 0.340 e. The number of halogens is 2. The largest absolute Gasteiger partial charge is 0.436 e. The number of hydrogen-bond acceptors (Lipinski definition) is 7. The van der Waals surface area contributed by atoms with Crippen LogP contribution in [0.5, 0.6) is 11.6 Å². The first kappa shape index (κ1) is 24.8. The van der Waals surface area contributed by atoms with E-state index in [1.54, 1.807) is 19.1 Å². The lowest BCUT2D eigenvalue weighted by atomic mass is 9.98. The lowest BCUT2D eigenvalue weighted by Crippen LogP contribution is -2.54. The second-order valence-electron chi connectivity index (χ2n) is 8.50. The summed E-state index contributed by atoms with van der Waals surface area (Å²) in [5, 5.41) is 5.92. The van der Waals surface area contributed by atoms with Crippen LogP contribution in [0.4, 0.5) is 14.5 Å². The highest BCUT2D eigenvalue weighted by Gasteiger charge is 2.35. The van der Waals surface area contributed by atoms with Gasteiger partial charge in [0, 0.05) is 29.6 Å². The van der Waals surface area contributed by atoms with E-state index in [1.165, 1.54) is 42.6 Å². The molecule has 4 aromatic rings. The van der Waals surface area contributed by atoms with Crippen LogP contribution in [0, 0.1) is 18.6 Å². The fourth-order valence-electron chi connectivity index (χ4n) is 4.16. The standard InChI is InChI=1S/C25H21F2N3O6S/c1-14-18-8-7-17(35-24-20(26)5-3-9-29-24)11-22(18)36-25(31)19(14)10-15-4-2-6-21(23(15)27)30(37(28,32)33)16-12-34-13-16/h2-9,11,16H,10,12-13H2,1H3,(H2,28,32,33). The highest BCUT2D eigenvalue weighted by Crippen LogP contribution is 2.31. The van der Waals surface area contributed by atoms with Crippen molar-refractivity contribution in [1.82, 2.24) is 4.98 Å². The summed E-state index contributed by atoms with van der Waals surface area (Å²) in [7, 11) is -4.27. The van der Waals surface area contributed by atoms with Crippen LogP contribution in [0.2, 0.25) is 0 Å². The summed E-state index contributed by atoms with van der Waals surface area (Å²) in [6, 6.07) is 10.9. The zero-order valence-electron chi connectivity index (χ0n) is 19.5. The van der Waals surface area contributed by atoms with Gasteiger partial charge in [0.1, 0.15) is 11.3 Å². The summed E-state index contributed by atoms with van der Waals surface area (Å²) in [6.45, 7) is 1.87. The van der Waals surface area contributed by atoms with Crippen molar-refractivity contribution in [1.29, 1.82) is 0 Å². The summed E-state index contributed by atoms with van der Waals surface area (Å²) < 4.78 is 70.6. The van der Waals surface area contributed by atoms with Crippen LogP contribution in [0.15, 0.2) is 63.9 Å². The van der Waals surface area contributed by atoms with Crippen molar-refractivity contribution in [3.05, 3.63) is 93.5 Å². The molecule has 2 aromatic heterocycles. The predicted molar refractivity (Wildman–Crippen MR) is 131 cm³/mol. The number of hydrogen-bond donors (Lipinski definition) is 1. The molecule has 0 spiro atoms. The van der Waals surface area contributed by atoms with Crippen LogP contribution in [0.25, 0.3) is 11.0 Å². The molecule has 1 aliphatic heterocycles. The lowest BCUT2D eigenvalue weighted by molar-refractivity contribution is 0.0143. The van der Waals surface area contributed by atoms with Gasteiger partial charge in [-0.2, -0.15) is 8.42 Å². The molecule has 0 unspecified atom stereocenters. The minimum atomic E-state index is -4.27. The van der Waals surface area contributed by atoms with Crippen LogP contribution in [-0.2, 0) is 21.4 Å². The van der Waals surface area contributed by atoms with Crippen LogP contribution >= 0.6 is 0 Å². The van der Waals surface area contributed by atoms with Gasteiger partial charge in [-0.05, 0) is 48.4 Å². The van der Waals surface area contributed by atoms with E-state index in [2.05, 4.69) is 4.98 Å². The number of rotatable bonds is 7. The Bertz CT molecular complexity index is 1670. The summed E-state index contributed by atoms with van der Waals surface area (Å²) in [4.78, 5) is 16.7. The molecule has 0 amide bonds. The van der Waals surface area contributed by atoms with Crippen molar-refractivity contribution >= 4 is 26.9 Å². The molecule has 3 heterocycles. The van der Waals surface area contributed by atoms with Crippen LogP contribution in [-0.4, -0.2) is 32.7 Å². The molecule has 0 atom stereocenters. The monoisotopic (exact) mass is 529 g/mol. The Kier molecular flexibility index (Phi) is 6.40. The first-order chi connectivity index (χ1) is 17.6. The van der Waals surface area contributed by atoms with Gasteiger partial charge in [0.05, 0.1) is 24.9 Å². The molecule has 37 heavy (non-hydrogen) atoms. The van der Waals surface area contributed by atoms with E-state index in [0.29, 0.717) is 10.9 Å². The number of benzene rings is 2. The SMILES string of the molecule is Cc1c(Cc2cccc(N(C3COC3)S(N)(=O)=O)c2F)c(=O)oc2cc(Oc3ncccc3F)ccc12. The molecule has 0 saturated carbocycles. The molecular weight excluding hydrogens is 508 g/mol. The Hall–Kier alpha value is -3.87. The van der Waals surface area contributed by atoms with Crippen molar-refractivity contribution in [3.8, 4) is 11.6 Å². The van der Waals surface area contributed by atoms with Gasteiger partial charge in [-0.1, -0.05) is 12.1 Å². The molecule has 192 valence electrons. The third kappa shape index (κ3) is 4.78. The highest BCUT2D eigenvalue weighted by molar-refractivity contribution is 7.90. The van der Waals surface area contributed by atoms with Gasteiger partial charge < -0.3 is 13.9 Å². The average Bonchev–Trinajstić information content (AvgIpc) is 2.81. The van der Waals surface area contributed by atoms with E-state index >= 15 is 4.39 Å². The first-order valence-corrected chi connectivity index (χ1v) is 12.7. The molecule has 0 radical (unpaired) electrons. The van der Waals surface area contributed by atoms with Gasteiger partial charge in [-0.3, -0.25) is 0 Å². The van der Waals surface area contributed by atoms with E-state index in [9.17, 15) is 17.6 Å². The molecule has 1 aliphatic rings.